The summed E-state index contributed by atoms with van der Waals surface area (Å²) in [5.41, 5.74) is 0. The maximum atomic E-state index is 10.1. The summed E-state index contributed by atoms with van der Waals surface area (Å²) in [6.07, 6.45) is -7.84. The van der Waals surface area contributed by atoms with Gasteiger partial charge in [-0.1, -0.05) is 0 Å². The van der Waals surface area contributed by atoms with E-state index in [2.05, 4.69) is 0 Å². The van der Waals surface area contributed by atoms with Gasteiger partial charge >= 0.3 is 54.9 Å². The molecule has 4 unspecified atom stereocenters. The summed E-state index contributed by atoms with van der Waals surface area (Å²) >= 11 is 0. The summed E-state index contributed by atoms with van der Waals surface area (Å²) < 4.78 is 0. The summed E-state index contributed by atoms with van der Waals surface area (Å²) in [4.78, 5) is 10.1. The van der Waals surface area contributed by atoms with E-state index in [-0.39, 0.29) is 51.7 Å². The van der Waals surface area contributed by atoms with Crippen LogP contribution in [-0.2, 0) is 4.79 Å². The van der Waals surface area contributed by atoms with Gasteiger partial charge in [0.15, 0.2) is 6.10 Å². The second-order valence-electron chi connectivity index (χ2n) is 2.51. The molecule has 0 aromatic heterocycles. The molecule has 82 valence electrons. The molecule has 0 spiro atoms. The molecule has 0 aliphatic heterocycles. The molecular formula is C6H14BaO7. The summed E-state index contributed by atoms with van der Waals surface area (Å²) in [7, 11) is 0. The predicted molar refractivity (Wildman–Crippen MR) is 46.7 cm³/mol. The van der Waals surface area contributed by atoms with Crippen molar-refractivity contribution in [2.75, 3.05) is 6.61 Å². The number of hydrogen-bond donors (Lipinski definition) is 6. The largest absolute Gasteiger partial charge is 2.00 e. The minimum atomic E-state index is -2.20. The Balaban J connectivity index is -0.000000240. The SMILES string of the molecule is O=C(O)C(O)C(O)C(O)C(O)CO.[Ba+2].[H-].[H-]. The quantitative estimate of drug-likeness (QED) is 0.285. The van der Waals surface area contributed by atoms with E-state index < -0.39 is 37.0 Å². The fourth-order valence-corrected chi connectivity index (χ4v) is 0.668. The molecule has 0 saturated carbocycles. The Hall–Kier alpha value is 0.841. The van der Waals surface area contributed by atoms with Gasteiger partial charge in [0.1, 0.15) is 18.3 Å². The second kappa shape index (κ2) is 8.05. The van der Waals surface area contributed by atoms with Crippen LogP contribution in [0.3, 0.4) is 0 Å². The van der Waals surface area contributed by atoms with E-state index in [1.165, 1.54) is 0 Å². The molecule has 0 bridgehead atoms. The third kappa shape index (κ3) is 5.07. The molecule has 0 aliphatic carbocycles. The standard InChI is InChI=1S/C6H12O7.Ba.2H/c7-1-2(8)3(9)4(10)5(11)6(12)13;;;/h2-5,7-11H,1H2,(H,12,13);;;/q;+2;2*-1. The molecule has 0 radical (unpaired) electrons. The Bertz CT molecular complexity index is 184. The summed E-state index contributed by atoms with van der Waals surface area (Å²) in [6.45, 7) is -0.843. The fraction of sp³-hybridized carbons (Fsp3) is 0.833. The monoisotopic (exact) mass is 336 g/mol. The van der Waals surface area contributed by atoms with E-state index in [9.17, 15) is 4.79 Å². The number of aliphatic hydroxyl groups is 5. The molecule has 0 aliphatic rings. The van der Waals surface area contributed by atoms with E-state index in [0.29, 0.717) is 0 Å². The Kier molecular flexibility index (Phi) is 9.91. The van der Waals surface area contributed by atoms with Gasteiger partial charge in [-0.2, -0.15) is 0 Å². The zero-order chi connectivity index (χ0) is 10.6. The van der Waals surface area contributed by atoms with Gasteiger partial charge in [0.05, 0.1) is 6.61 Å². The molecule has 8 heteroatoms. The number of aliphatic carboxylic acids is 1. The van der Waals surface area contributed by atoms with Gasteiger partial charge in [-0.3, -0.25) is 0 Å². The first-order chi connectivity index (χ1) is 5.91. The molecule has 0 aromatic rings. The third-order valence-electron chi connectivity index (χ3n) is 1.51. The van der Waals surface area contributed by atoms with Crippen molar-refractivity contribution in [3.8, 4) is 0 Å². The molecule has 0 rings (SSSR count). The zero-order valence-corrected chi connectivity index (χ0v) is 11.8. The Morgan fingerprint density at radius 2 is 1.57 bits per heavy atom. The normalized spacial score (nSPS) is 18.9. The third-order valence-corrected chi connectivity index (χ3v) is 1.51. The van der Waals surface area contributed by atoms with Crippen LogP contribution in [-0.4, -0.2) is 117 Å². The van der Waals surface area contributed by atoms with Crippen molar-refractivity contribution in [1.82, 2.24) is 0 Å². The van der Waals surface area contributed by atoms with Crippen LogP contribution >= 0.6 is 0 Å². The van der Waals surface area contributed by atoms with E-state index in [1.54, 1.807) is 0 Å². The van der Waals surface area contributed by atoms with Crippen LogP contribution in [0.15, 0.2) is 0 Å². The molecule has 4 atom stereocenters. The van der Waals surface area contributed by atoms with Crippen LogP contribution in [0, 0.1) is 0 Å². The van der Waals surface area contributed by atoms with Crippen LogP contribution in [0.5, 0.6) is 0 Å². The molecule has 0 amide bonds. The minimum Gasteiger partial charge on any atom is -1.00 e. The Morgan fingerprint density at radius 1 is 1.14 bits per heavy atom. The van der Waals surface area contributed by atoms with E-state index in [1.807, 2.05) is 0 Å². The summed E-state index contributed by atoms with van der Waals surface area (Å²) in [6, 6.07) is 0. The smallest absolute Gasteiger partial charge is 1.00 e. The molecule has 0 aromatic carbocycles. The summed E-state index contributed by atoms with van der Waals surface area (Å²) in [5.74, 6) is -1.73. The average molecular weight is 335 g/mol. The maximum absolute atomic E-state index is 10.1. The van der Waals surface area contributed by atoms with Crippen LogP contribution in [0.2, 0.25) is 0 Å². The number of aliphatic hydroxyl groups excluding tert-OH is 5. The molecule has 0 saturated heterocycles. The van der Waals surface area contributed by atoms with Crippen molar-refractivity contribution in [1.29, 1.82) is 0 Å². The van der Waals surface area contributed by atoms with Gasteiger partial charge in [0.2, 0.25) is 0 Å². The second-order valence-corrected chi connectivity index (χ2v) is 2.51. The molecular weight excluding hydrogens is 321 g/mol. The maximum Gasteiger partial charge on any atom is 2.00 e. The van der Waals surface area contributed by atoms with Crippen molar-refractivity contribution in [3.05, 3.63) is 0 Å². The van der Waals surface area contributed by atoms with Crippen molar-refractivity contribution in [3.63, 3.8) is 0 Å². The van der Waals surface area contributed by atoms with Crippen molar-refractivity contribution in [2.45, 2.75) is 24.4 Å². The predicted octanol–water partition coefficient (Wildman–Crippen LogP) is -3.65. The van der Waals surface area contributed by atoms with Crippen molar-refractivity contribution >= 4 is 54.9 Å². The Labute approximate surface area is 123 Å². The van der Waals surface area contributed by atoms with E-state index in [4.69, 9.17) is 30.6 Å². The first kappa shape index (κ1) is 17.2. The number of carboxylic acids is 1. The van der Waals surface area contributed by atoms with Crippen molar-refractivity contribution in [2.24, 2.45) is 0 Å². The Morgan fingerprint density at radius 3 is 1.86 bits per heavy atom. The van der Waals surface area contributed by atoms with Crippen LogP contribution in [0.1, 0.15) is 2.85 Å². The number of carboxylic acid groups (broad SMARTS) is 1. The first-order valence-corrected chi connectivity index (χ1v) is 3.47. The number of rotatable bonds is 5. The van der Waals surface area contributed by atoms with Crippen LogP contribution < -0.4 is 0 Å². The average Bonchev–Trinajstić information content (AvgIpc) is 2.12. The fourth-order valence-electron chi connectivity index (χ4n) is 0.668. The van der Waals surface area contributed by atoms with Gasteiger partial charge in [0, 0.05) is 0 Å². The van der Waals surface area contributed by atoms with E-state index in [0.717, 1.165) is 0 Å². The summed E-state index contributed by atoms with van der Waals surface area (Å²) in [5, 5.41) is 51.8. The molecule has 6 N–H and O–H groups in total. The number of hydrogen-bond acceptors (Lipinski definition) is 6. The number of carbonyl (C=O) groups is 1. The van der Waals surface area contributed by atoms with Crippen LogP contribution in [0.4, 0.5) is 0 Å². The molecule has 14 heavy (non-hydrogen) atoms. The van der Waals surface area contributed by atoms with Crippen molar-refractivity contribution < 1.29 is 38.3 Å². The van der Waals surface area contributed by atoms with Crippen LogP contribution in [0.25, 0.3) is 0 Å². The van der Waals surface area contributed by atoms with Gasteiger partial charge in [-0.15, -0.1) is 0 Å². The first-order valence-electron chi connectivity index (χ1n) is 3.47. The minimum absolute atomic E-state index is 0. The van der Waals surface area contributed by atoms with E-state index >= 15 is 0 Å². The van der Waals surface area contributed by atoms with Gasteiger partial charge in [-0.05, 0) is 0 Å². The zero-order valence-electron chi connectivity index (χ0n) is 9.32. The van der Waals surface area contributed by atoms with Gasteiger partial charge in [-0.25, -0.2) is 4.79 Å². The van der Waals surface area contributed by atoms with Gasteiger partial charge < -0.3 is 33.5 Å². The molecule has 0 fully saturated rings. The topological polar surface area (TPSA) is 138 Å². The molecule has 7 nitrogen and oxygen atoms in total. The van der Waals surface area contributed by atoms with Gasteiger partial charge in [0.25, 0.3) is 0 Å². The molecule has 0 heterocycles.